The Morgan fingerprint density at radius 2 is 2.12 bits per heavy atom. The number of aliphatic imine (C=N–C) groups is 1. The van der Waals surface area contributed by atoms with Crippen LogP contribution >= 0.6 is 22.9 Å². The van der Waals surface area contributed by atoms with Gasteiger partial charge in [-0.15, -0.1) is 11.3 Å². The summed E-state index contributed by atoms with van der Waals surface area (Å²) < 4.78 is 50.4. The second-order valence-corrected chi connectivity index (χ2v) is 11.3. The summed E-state index contributed by atoms with van der Waals surface area (Å²) in [5.41, 5.74) is 0.511. The van der Waals surface area contributed by atoms with E-state index in [4.69, 9.17) is 16.3 Å². The molecule has 0 amide bonds. The first kappa shape index (κ1) is 28.5. The van der Waals surface area contributed by atoms with Crippen LogP contribution in [0.15, 0.2) is 46.0 Å². The fourth-order valence-corrected chi connectivity index (χ4v) is 6.56. The van der Waals surface area contributed by atoms with Gasteiger partial charge in [0.25, 0.3) is 5.92 Å². The van der Waals surface area contributed by atoms with Crippen LogP contribution in [0.25, 0.3) is 0 Å². The average Bonchev–Trinajstić information content (AvgIpc) is 3.64. The van der Waals surface area contributed by atoms with E-state index in [2.05, 4.69) is 15.3 Å². The van der Waals surface area contributed by atoms with Gasteiger partial charge in [-0.05, 0) is 12.5 Å². The number of aromatic nitrogens is 1. The molecular weight excluding hydrogens is 571 g/mol. The van der Waals surface area contributed by atoms with Crippen LogP contribution in [0.2, 0.25) is 5.02 Å². The highest BCUT2D eigenvalue weighted by Gasteiger charge is 2.59. The van der Waals surface area contributed by atoms with E-state index in [-0.39, 0.29) is 40.8 Å². The van der Waals surface area contributed by atoms with E-state index in [9.17, 15) is 19.1 Å². The third-order valence-electron chi connectivity index (χ3n) is 7.52. The molecule has 0 unspecified atom stereocenters. The van der Waals surface area contributed by atoms with E-state index in [0.717, 1.165) is 0 Å². The van der Waals surface area contributed by atoms with Gasteiger partial charge in [0, 0.05) is 48.5 Å². The zero-order valence-corrected chi connectivity index (χ0v) is 23.2. The second-order valence-electron chi connectivity index (χ2n) is 10.1. The molecule has 0 radical (unpaired) electrons. The number of thiazole rings is 1. The number of carbonyl (C=O) groups is 2. The largest absolute Gasteiger partial charge is 0.481 e. The van der Waals surface area contributed by atoms with Gasteiger partial charge >= 0.3 is 11.9 Å². The SMILES string of the molecule is COC(=O)C1=C(CN2CC(F)(F)[C@H]3[C@@H]2CCN3C[C@@H](C)C(=O)O)NC(c2nccs2)=N[C@H]1c1cccc(F)c1Cl. The molecule has 3 aliphatic heterocycles. The summed E-state index contributed by atoms with van der Waals surface area (Å²) in [5, 5.41) is 14.4. The van der Waals surface area contributed by atoms with Crippen molar-refractivity contribution in [1.29, 1.82) is 0 Å². The lowest BCUT2D eigenvalue weighted by atomic mass is 9.95. The van der Waals surface area contributed by atoms with Gasteiger partial charge in [0.15, 0.2) is 10.8 Å². The van der Waals surface area contributed by atoms with Gasteiger partial charge in [-0.25, -0.2) is 22.9 Å². The highest BCUT2D eigenvalue weighted by atomic mass is 35.5. The van der Waals surface area contributed by atoms with Crippen molar-refractivity contribution in [2.75, 3.05) is 33.3 Å². The van der Waals surface area contributed by atoms with Crippen molar-refractivity contribution in [2.24, 2.45) is 10.9 Å². The molecule has 5 rings (SSSR count). The molecular formula is C26H27ClF3N5O4S. The van der Waals surface area contributed by atoms with Crippen molar-refractivity contribution in [3.8, 4) is 0 Å². The minimum atomic E-state index is -3.11. The molecule has 9 nitrogen and oxygen atoms in total. The molecule has 3 aliphatic rings. The number of esters is 1. The number of nitrogens with one attached hydrogen (secondary N) is 1. The summed E-state index contributed by atoms with van der Waals surface area (Å²) in [7, 11) is 1.19. The van der Waals surface area contributed by atoms with E-state index in [1.807, 2.05) is 0 Å². The van der Waals surface area contributed by atoms with E-state index in [1.54, 1.807) is 27.4 Å². The second kappa shape index (κ2) is 11.1. The maximum atomic E-state index is 15.4. The number of rotatable bonds is 8. The number of carbonyl (C=O) groups excluding carboxylic acids is 1. The number of aliphatic carboxylic acids is 1. The lowest BCUT2D eigenvalue weighted by Crippen LogP contribution is -2.47. The number of benzene rings is 1. The third-order valence-corrected chi connectivity index (χ3v) is 8.70. The molecule has 1 aromatic carbocycles. The number of likely N-dealkylation sites (tertiary alicyclic amines) is 2. The minimum absolute atomic E-state index is 0.00921. The summed E-state index contributed by atoms with van der Waals surface area (Å²) in [6, 6.07) is 1.35. The van der Waals surface area contributed by atoms with E-state index >= 15 is 8.78 Å². The number of hydrogen-bond donors (Lipinski definition) is 2. The molecule has 2 fully saturated rings. The van der Waals surface area contributed by atoms with Gasteiger partial charge in [0.1, 0.15) is 11.9 Å². The van der Waals surface area contributed by atoms with Crippen molar-refractivity contribution in [3.63, 3.8) is 0 Å². The minimum Gasteiger partial charge on any atom is -0.481 e. The molecule has 0 saturated carbocycles. The Bertz CT molecular complexity index is 1370. The normalized spacial score (nSPS) is 25.4. The number of nitrogens with zero attached hydrogens (tertiary/aromatic N) is 4. The maximum absolute atomic E-state index is 15.4. The van der Waals surface area contributed by atoms with Gasteiger partial charge < -0.3 is 15.2 Å². The number of hydrogen-bond acceptors (Lipinski definition) is 9. The average molecular weight is 598 g/mol. The molecule has 0 spiro atoms. The van der Waals surface area contributed by atoms with Gasteiger partial charge in [0.05, 0.1) is 36.2 Å². The zero-order valence-electron chi connectivity index (χ0n) is 21.6. The summed E-state index contributed by atoms with van der Waals surface area (Å²) in [5.74, 6) is -6.13. The Morgan fingerprint density at radius 1 is 1.35 bits per heavy atom. The fraction of sp³-hybridized carbons (Fsp3) is 0.462. The number of fused-ring (bicyclic) bond motifs is 1. The summed E-state index contributed by atoms with van der Waals surface area (Å²) in [6.07, 6.45) is 1.98. The summed E-state index contributed by atoms with van der Waals surface area (Å²) in [4.78, 5) is 36.6. The Kier molecular flexibility index (Phi) is 7.92. The molecule has 4 heterocycles. The number of carboxylic acids is 1. The molecule has 2 saturated heterocycles. The first-order valence-corrected chi connectivity index (χ1v) is 13.9. The molecule has 214 valence electrons. The Labute approximate surface area is 237 Å². The Hall–Kier alpha value is -3.00. The first-order valence-electron chi connectivity index (χ1n) is 12.6. The van der Waals surface area contributed by atoms with Crippen LogP contribution in [0.4, 0.5) is 13.2 Å². The standard InChI is InChI=1S/C26H27ClF3N5O4S/c1-13(24(36)37)10-34-8-6-17-21(34)26(29,30)12-35(17)11-16-18(25(38)39-2)20(14-4-3-5-15(28)19(14)27)33-22(32-16)23-31-7-9-40-23/h3-5,7,9,13,17,20-21H,6,8,10-12H2,1-2H3,(H,32,33)(H,36,37)/t13-,17+,20+,21-/m1/s1. The highest BCUT2D eigenvalue weighted by Crippen LogP contribution is 2.43. The van der Waals surface area contributed by atoms with Gasteiger partial charge in [-0.1, -0.05) is 30.7 Å². The molecule has 2 N–H and O–H groups in total. The Morgan fingerprint density at radius 3 is 2.80 bits per heavy atom. The van der Waals surface area contributed by atoms with Gasteiger partial charge in [0.2, 0.25) is 0 Å². The van der Waals surface area contributed by atoms with E-state index in [0.29, 0.717) is 18.0 Å². The van der Waals surface area contributed by atoms with Crippen molar-refractivity contribution in [1.82, 2.24) is 20.1 Å². The Balaban J connectivity index is 1.53. The molecule has 2 aromatic rings. The molecule has 1 aromatic heterocycles. The number of amidine groups is 1. The third kappa shape index (κ3) is 5.22. The van der Waals surface area contributed by atoms with Crippen molar-refractivity contribution in [2.45, 2.75) is 37.4 Å². The van der Waals surface area contributed by atoms with Gasteiger partial charge in [-0.3, -0.25) is 19.6 Å². The number of carboxylic acid groups (broad SMARTS) is 1. The number of ether oxygens (including phenoxy) is 1. The fourth-order valence-electron chi connectivity index (χ4n) is 5.74. The van der Waals surface area contributed by atoms with Gasteiger partial charge in [-0.2, -0.15) is 0 Å². The van der Waals surface area contributed by atoms with Crippen LogP contribution in [-0.4, -0.2) is 89.0 Å². The van der Waals surface area contributed by atoms with Crippen LogP contribution in [0, 0.1) is 11.7 Å². The molecule has 0 aliphatic carbocycles. The predicted octanol–water partition coefficient (Wildman–Crippen LogP) is 3.57. The van der Waals surface area contributed by atoms with E-state index in [1.165, 1.54) is 37.5 Å². The smallest absolute Gasteiger partial charge is 0.338 e. The molecule has 4 atom stereocenters. The predicted molar refractivity (Wildman–Crippen MR) is 142 cm³/mol. The molecule has 0 bridgehead atoms. The maximum Gasteiger partial charge on any atom is 0.338 e. The molecule has 14 heteroatoms. The van der Waals surface area contributed by atoms with Crippen molar-refractivity contribution in [3.05, 3.63) is 62.5 Å². The highest BCUT2D eigenvalue weighted by molar-refractivity contribution is 7.11. The molecule has 40 heavy (non-hydrogen) atoms. The lowest BCUT2D eigenvalue weighted by molar-refractivity contribution is -0.142. The first-order chi connectivity index (χ1) is 19.0. The van der Waals surface area contributed by atoms with Crippen molar-refractivity contribution < 1.29 is 32.6 Å². The monoisotopic (exact) mass is 597 g/mol. The van der Waals surface area contributed by atoms with Crippen LogP contribution in [-0.2, 0) is 14.3 Å². The van der Waals surface area contributed by atoms with Crippen LogP contribution in [0.5, 0.6) is 0 Å². The number of halogens is 4. The van der Waals surface area contributed by atoms with Crippen LogP contribution < -0.4 is 5.32 Å². The zero-order chi connectivity index (χ0) is 28.8. The van der Waals surface area contributed by atoms with Crippen LogP contribution in [0.3, 0.4) is 0 Å². The van der Waals surface area contributed by atoms with Crippen molar-refractivity contribution >= 4 is 40.7 Å². The van der Waals surface area contributed by atoms with Crippen LogP contribution in [0.1, 0.15) is 30.0 Å². The topological polar surface area (TPSA) is 107 Å². The quantitative estimate of drug-likeness (QED) is 0.445. The summed E-state index contributed by atoms with van der Waals surface area (Å²) in [6.45, 7) is 1.15. The summed E-state index contributed by atoms with van der Waals surface area (Å²) >= 11 is 7.59. The van der Waals surface area contributed by atoms with E-state index < -0.39 is 54.3 Å². The lowest BCUT2D eigenvalue weighted by Gasteiger charge is -2.31. The number of methoxy groups -OCH3 is 1. The number of alkyl halides is 2.